The number of carboxylic acid groups (broad SMARTS) is 1. The number of amides is 1. The van der Waals surface area contributed by atoms with Gasteiger partial charge in [-0.15, -0.1) is 0 Å². The molecule has 8 heteroatoms. The van der Waals surface area contributed by atoms with E-state index in [0.29, 0.717) is 0 Å². The lowest BCUT2D eigenvalue weighted by atomic mass is 10.1. The van der Waals surface area contributed by atoms with Crippen LogP contribution in [0, 0.1) is 0 Å². The second-order valence-electron chi connectivity index (χ2n) is 2.86. The number of rotatable bonds is 5. The maximum Gasteiger partial charge on any atom is 0.326 e. The number of hydrogen-bond acceptors (Lipinski definition) is 2. The van der Waals surface area contributed by atoms with Crippen LogP contribution in [0.25, 0.3) is 0 Å². The Hall–Kier alpha value is -1.34. The molecule has 1 amide bonds. The lowest BCUT2D eigenvalue weighted by molar-refractivity contribution is -0.156. The van der Waals surface area contributed by atoms with Gasteiger partial charge in [0.05, 0.1) is 0 Å². The van der Waals surface area contributed by atoms with Crippen molar-refractivity contribution in [1.82, 2.24) is 5.32 Å². The molecule has 15 heavy (non-hydrogen) atoms. The van der Waals surface area contributed by atoms with Crippen LogP contribution in [0.15, 0.2) is 0 Å². The minimum Gasteiger partial charge on any atom is -0.480 e. The Bertz CT molecular complexity index is 257. The van der Waals surface area contributed by atoms with Crippen LogP contribution in [-0.2, 0) is 9.59 Å². The Morgan fingerprint density at radius 1 is 1.40 bits per heavy atom. The molecule has 1 unspecified atom stereocenters. The Kier molecular flexibility index (Phi) is 4.50. The summed E-state index contributed by atoms with van der Waals surface area (Å²) in [6.45, 7) is 0.899. The van der Waals surface area contributed by atoms with Gasteiger partial charge in [0.25, 0.3) is 0 Å². The van der Waals surface area contributed by atoms with Gasteiger partial charge < -0.3 is 10.4 Å². The number of aliphatic carboxylic acids is 1. The zero-order valence-corrected chi connectivity index (χ0v) is 7.64. The van der Waals surface area contributed by atoms with E-state index in [4.69, 9.17) is 5.11 Å². The van der Waals surface area contributed by atoms with Crippen LogP contribution in [0.5, 0.6) is 0 Å². The van der Waals surface area contributed by atoms with Gasteiger partial charge >= 0.3 is 18.3 Å². The Balaban J connectivity index is 4.54. The molecule has 1 atom stereocenters. The van der Waals surface area contributed by atoms with Gasteiger partial charge in [0.15, 0.2) is 0 Å². The zero-order chi connectivity index (χ0) is 12.2. The van der Waals surface area contributed by atoms with Gasteiger partial charge in [0.1, 0.15) is 6.04 Å². The number of alkyl halides is 4. The van der Waals surface area contributed by atoms with Crippen LogP contribution in [0.1, 0.15) is 13.3 Å². The molecule has 0 saturated carbocycles. The van der Waals surface area contributed by atoms with Crippen LogP contribution >= 0.6 is 0 Å². The van der Waals surface area contributed by atoms with E-state index in [1.807, 2.05) is 0 Å². The van der Waals surface area contributed by atoms with Crippen molar-refractivity contribution in [2.24, 2.45) is 0 Å². The van der Waals surface area contributed by atoms with E-state index in [2.05, 4.69) is 0 Å². The van der Waals surface area contributed by atoms with Crippen LogP contribution in [0.3, 0.4) is 0 Å². The maximum absolute atomic E-state index is 12.4. The molecule has 0 heterocycles. The number of nitrogens with one attached hydrogen (secondary N) is 1. The summed E-state index contributed by atoms with van der Waals surface area (Å²) >= 11 is 0. The number of carbonyl (C=O) groups is 2. The zero-order valence-electron chi connectivity index (χ0n) is 7.64. The van der Waals surface area contributed by atoms with Gasteiger partial charge in [-0.2, -0.15) is 0 Å². The van der Waals surface area contributed by atoms with Crippen molar-refractivity contribution in [1.29, 1.82) is 0 Å². The SMILES string of the molecule is CC(=O)NC(CC(F)(F)C(F)F)C(=O)O. The lowest BCUT2D eigenvalue weighted by Crippen LogP contribution is -2.45. The predicted octanol–water partition coefficient (Wildman–Crippen LogP) is 0.866. The molecule has 0 aliphatic rings. The first-order valence-corrected chi connectivity index (χ1v) is 3.82. The van der Waals surface area contributed by atoms with Gasteiger partial charge in [-0.3, -0.25) is 4.79 Å². The summed E-state index contributed by atoms with van der Waals surface area (Å²) in [4.78, 5) is 20.7. The normalized spacial score (nSPS) is 13.7. The second kappa shape index (κ2) is 4.94. The molecule has 2 N–H and O–H groups in total. The summed E-state index contributed by atoms with van der Waals surface area (Å²) in [5, 5.41) is 10.0. The van der Waals surface area contributed by atoms with E-state index < -0.39 is 36.7 Å². The molecule has 0 fully saturated rings. The van der Waals surface area contributed by atoms with Crippen LogP contribution in [-0.4, -0.2) is 35.4 Å². The van der Waals surface area contributed by atoms with Crippen LogP contribution in [0.4, 0.5) is 17.6 Å². The molecule has 0 rings (SSSR count). The van der Waals surface area contributed by atoms with Crippen molar-refractivity contribution in [3.8, 4) is 0 Å². The fourth-order valence-corrected chi connectivity index (χ4v) is 0.807. The Morgan fingerprint density at radius 3 is 2.13 bits per heavy atom. The molecule has 0 saturated heterocycles. The minimum absolute atomic E-state index is 0.882. The van der Waals surface area contributed by atoms with Gasteiger partial charge in [-0.1, -0.05) is 0 Å². The third-order valence-electron chi connectivity index (χ3n) is 1.47. The first-order valence-electron chi connectivity index (χ1n) is 3.82. The van der Waals surface area contributed by atoms with Crippen LogP contribution in [0.2, 0.25) is 0 Å². The fraction of sp³-hybridized carbons (Fsp3) is 0.714. The average molecular weight is 231 g/mol. The van der Waals surface area contributed by atoms with Crippen molar-refractivity contribution in [3.63, 3.8) is 0 Å². The summed E-state index contributed by atoms with van der Waals surface area (Å²) in [5.74, 6) is -7.11. The highest BCUT2D eigenvalue weighted by molar-refractivity contribution is 5.82. The molecule has 0 aromatic heterocycles. The van der Waals surface area contributed by atoms with E-state index in [9.17, 15) is 27.2 Å². The quantitative estimate of drug-likeness (QED) is 0.690. The summed E-state index contributed by atoms with van der Waals surface area (Å²) in [5.41, 5.74) is 0. The van der Waals surface area contributed by atoms with E-state index in [-0.39, 0.29) is 0 Å². The number of halogens is 4. The molecular weight excluding hydrogens is 222 g/mol. The highest BCUT2D eigenvalue weighted by Crippen LogP contribution is 2.28. The van der Waals surface area contributed by atoms with Gasteiger partial charge in [0, 0.05) is 13.3 Å². The highest BCUT2D eigenvalue weighted by atomic mass is 19.3. The van der Waals surface area contributed by atoms with Crippen molar-refractivity contribution in [2.45, 2.75) is 31.7 Å². The first kappa shape index (κ1) is 13.7. The molecule has 88 valence electrons. The Labute approximate surface area is 82.3 Å². The maximum atomic E-state index is 12.4. The van der Waals surface area contributed by atoms with E-state index in [1.165, 1.54) is 0 Å². The van der Waals surface area contributed by atoms with E-state index >= 15 is 0 Å². The summed E-state index contributed by atoms with van der Waals surface area (Å²) < 4.78 is 48.3. The Morgan fingerprint density at radius 2 is 1.87 bits per heavy atom. The third kappa shape index (κ3) is 4.61. The van der Waals surface area contributed by atoms with Crippen molar-refractivity contribution in [3.05, 3.63) is 0 Å². The smallest absolute Gasteiger partial charge is 0.326 e. The molecule has 0 spiro atoms. The number of hydrogen-bond donors (Lipinski definition) is 2. The largest absolute Gasteiger partial charge is 0.480 e. The van der Waals surface area contributed by atoms with Gasteiger partial charge in [-0.05, 0) is 0 Å². The van der Waals surface area contributed by atoms with Crippen molar-refractivity contribution in [2.75, 3.05) is 0 Å². The summed E-state index contributed by atoms with van der Waals surface area (Å²) in [7, 11) is 0. The number of carboxylic acids is 1. The van der Waals surface area contributed by atoms with Crippen LogP contribution < -0.4 is 5.32 Å². The lowest BCUT2D eigenvalue weighted by Gasteiger charge is -2.20. The van der Waals surface area contributed by atoms with E-state index in [1.54, 1.807) is 5.32 Å². The molecule has 0 aliphatic heterocycles. The molecular formula is C7H9F4NO3. The van der Waals surface area contributed by atoms with Crippen molar-refractivity contribution < 1.29 is 32.3 Å². The third-order valence-corrected chi connectivity index (χ3v) is 1.47. The molecule has 0 aromatic rings. The van der Waals surface area contributed by atoms with Crippen molar-refractivity contribution >= 4 is 11.9 Å². The molecule has 0 radical (unpaired) electrons. The van der Waals surface area contributed by atoms with Gasteiger partial charge in [0.2, 0.25) is 5.91 Å². The van der Waals surface area contributed by atoms with E-state index in [0.717, 1.165) is 6.92 Å². The monoisotopic (exact) mass is 231 g/mol. The number of carbonyl (C=O) groups excluding carboxylic acids is 1. The predicted molar refractivity (Wildman–Crippen MR) is 40.8 cm³/mol. The second-order valence-corrected chi connectivity index (χ2v) is 2.86. The fourth-order valence-electron chi connectivity index (χ4n) is 0.807. The highest BCUT2D eigenvalue weighted by Gasteiger charge is 2.44. The molecule has 4 nitrogen and oxygen atoms in total. The summed E-state index contributed by atoms with van der Waals surface area (Å²) in [6.07, 6.45) is -5.60. The van der Waals surface area contributed by atoms with Gasteiger partial charge in [-0.25, -0.2) is 22.4 Å². The molecule has 0 aliphatic carbocycles. The topological polar surface area (TPSA) is 66.4 Å². The minimum atomic E-state index is -4.44. The average Bonchev–Trinajstić information content (AvgIpc) is 2.01. The standard InChI is InChI=1S/C7H9F4NO3/c1-3(13)12-4(5(14)15)2-7(10,11)6(8)9/h4,6H,2H2,1H3,(H,12,13)(H,14,15). The summed E-state index contributed by atoms with van der Waals surface area (Å²) in [6, 6.07) is -2.02. The molecule has 0 bridgehead atoms. The first-order chi connectivity index (χ1) is 6.66. The molecule has 0 aromatic carbocycles.